The summed E-state index contributed by atoms with van der Waals surface area (Å²) in [6.45, 7) is 10.4. The number of nitrogens with zero attached hydrogens (tertiary/aromatic N) is 3. The average molecular weight is 399 g/mol. The molecule has 7 heteroatoms. The lowest BCUT2D eigenvalue weighted by Crippen LogP contribution is -2.47. The molecule has 3 unspecified atom stereocenters. The van der Waals surface area contributed by atoms with E-state index in [0.29, 0.717) is 35.6 Å². The second-order valence-electron chi connectivity index (χ2n) is 7.87. The standard InChI is InChI=1S/C21H23ClN4O2/c1-5-6-13-8-24-9-14(17(13)12(2)22)16(7-23)25-20(28)19-18-15(21(18,3)4)10-26(19)11-27/h5-6,8-9,11,15-16,18-19H,2,10H2,1,3-4H3,(H,25,28)/b6-5-/t15?,16?,18?,19-/m0/s1. The first kappa shape index (κ1) is 20.1. The third-order valence-corrected chi connectivity index (χ3v) is 6.19. The van der Waals surface area contributed by atoms with E-state index in [1.807, 2.05) is 19.1 Å². The van der Waals surface area contributed by atoms with Crippen LogP contribution in [0.4, 0.5) is 0 Å². The fourth-order valence-electron chi connectivity index (χ4n) is 4.47. The van der Waals surface area contributed by atoms with E-state index >= 15 is 0 Å². The van der Waals surface area contributed by atoms with E-state index in [1.54, 1.807) is 6.20 Å². The minimum atomic E-state index is -0.954. The Bertz CT molecular complexity index is 902. The van der Waals surface area contributed by atoms with Crippen LogP contribution in [0.1, 0.15) is 43.5 Å². The summed E-state index contributed by atoms with van der Waals surface area (Å²) < 4.78 is 0. The van der Waals surface area contributed by atoms with Crippen LogP contribution in [-0.4, -0.2) is 34.8 Å². The van der Waals surface area contributed by atoms with Crippen molar-refractivity contribution in [2.75, 3.05) is 6.54 Å². The molecular formula is C21H23ClN4O2. The second kappa shape index (κ2) is 7.40. The third kappa shape index (κ3) is 3.20. The van der Waals surface area contributed by atoms with Crippen LogP contribution in [0.2, 0.25) is 0 Å². The van der Waals surface area contributed by atoms with E-state index in [4.69, 9.17) is 11.6 Å². The lowest BCUT2D eigenvalue weighted by molar-refractivity contribution is -0.133. The molecule has 4 atom stereocenters. The zero-order chi connectivity index (χ0) is 20.6. The van der Waals surface area contributed by atoms with Gasteiger partial charge in [-0.15, -0.1) is 0 Å². The van der Waals surface area contributed by atoms with Gasteiger partial charge in [-0.05, 0) is 24.2 Å². The van der Waals surface area contributed by atoms with Gasteiger partial charge < -0.3 is 10.2 Å². The number of nitriles is 1. The zero-order valence-electron chi connectivity index (χ0n) is 16.1. The minimum Gasteiger partial charge on any atom is -0.335 e. The number of aromatic nitrogens is 1. The Morgan fingerprint density at radius 3 is 2.82 bits per heavy atom. The van der Waals surface area contributed by atoms with Gasteiger partial charge in [-0.1, -0.05) is 44.2 Å². The molecule has 28 heavy (non-hydrogen) atoms. The number of hydrogen-bond acceptors (Lipinski definition) is 4. The Morgan fingerprint density at radius 2 is 2.25 bits per heavy atom. The number of pyridine rings is 1. The van der Waals surface area contributed by atoms with Gasteiger partial charge in [0.25, 0.3) is 0 Å². The van der Waals surface area contributed by atoms with Gasteiger partial charge in [-0.2, -0.15) is 5.26 Å². The molecule has 0 aromatic carbocycles. The summed E-state index contributed by atoms with van der Waals surface area (Å²) in [6, 6.07) is 0.596. The molecule has 6 nitrogen and oxygen atoms in total. The molecule has 1 saturated heterocycles. The van der Waals surface area contributed by atoms with Crippen molar-refractivity contribution in [2.24, 2.45) is 17.3 Å². The van der Waals surface area contributed by atoms with Crippen LogP contribution < -0.4 is 5.32 Å². The molecule has 1 aromatic rings. The van der Waals surface area contributed by atoms with Crippen molar-refractivity contribution in [2.45, 2.75) is 32.9 Å². The topological polar surface area (TPSA) is 86.1 Å². The van der Waals surface area contributed by atoms with Crippen molar-refractivity contribution in [3.05, 3.63) is 41.7 Å². The summed E-state index contributed by atoms with van der Waals surface area (Å²) in [6.07, 6.45) is 7.51. The van der Waals surface area contributed by atoms with Crippen molar-refractivity contribution < 1.29 is 9.59 Å². The van der Waals surface area contributed by atoms with Gasteiger partial charge >= 0.3 is 0 Å². The molecule has 2 heterocycles. The van der Waals surface area contributed by atoms with Gasteiger partial charge in [0.05, 0.1) is 6.07 Å². The first-order valence-corrected chi connectivity index (χ1v) is 9.52. The molecule has 2 amide bonds. The highest BCUT2D eigenvalue weighted by Crippen LogP contribution is 2.64. The van der Waals surface area contributed by atoms with Crippen molar-refractivity contribution >= 4 is 35.0 Å². The molecule has 0 radical (unpaired) electrons. The maximum absolute atomic E-state index is 13.0. The minimum absolute atomic E-state index is 0.0205. The van der Waals surface area contributed by atoms with Crippen molar-refractivity contribution in [1.82, 2.24) is 15.2 Å². The number of amides is 2. The first-order chi connectivity index (χ1) is 13.3. The normalized spacial score (nSPS) is 25.7. The highest BCUT2D eigenvalue weighted by atomic mass is 35.5. The van der Waals surface area contributed by atoms with Gasteiger partial charge in [0.15, 0.2) is 0 Å². The fraction of sp³-hybridized carbons (Fsp3) is 0.429. The molecule has 1 aliphatic heterocycles. The first-order valence-electron chi connectivity index (χ1n) is 9.14. The van der Waals surface area contributed by atoms with Crippen LogP contribution in [0.25, 0.3) is 11.1 Å². The molecule has 2 fully saturated rings. The van der Waals surface area contributed by atoms with E-state index in [1.165, 1.54) is 11.1 Å². The molecule has 0 bridgehead atoms. The van der Waals surface area contributed by atoms with Crippen LogP contribution in [0.5, 0.6) is 0 Å². The number of nitrogens with one attached hydrogen (secondary N) is 1. The highest BCUT2D eigenvalue weighted by Gasteiger charge is 2.68. The maximum Gasteiger partial charge on any atom is 0.244 e. The summed E-state index contributed by atoms with van der Waals surface area (Å²) >= 11 is 6.19. The Morgan fingerprint density at radius 1 is 1.54 bits per heavy atom. The summed E-state index contributed by atoms with van der Waals surface area (Å²) in [5, 5.41) is 12.8. The number of rotatable bonds is 6. The number of fused-ring (bicyclic) bond motifs is 1. The molecule has 0 spiro atoms. The van der Waals surface area contributed by atoms with Gasteiger partial charge in [-0.25, -0.2) is 0 Å². The van der Waals surface area contributed by atoms with E-state index in [0.717, 1.165) is 0 Å². The average Bonchev–Trinajstić information content (AvgIpc) is 3.01. The predicted octanol–water partition coefficient (Wildman–Crippen LogP) is 3.12. The van der Waals surface area contributed by atoms with Crippen LogP contribution in [-0.2, 0) is 9.59 Å². The van der Waals surface area contributed by atoms with Gasteiger partial charge in [0.1, 0.15) is 12.1 Å². The molecule has 2 aliphatic rings. The summed E-state index contributed by atoms with van der Waals surface area (Å²) in [5.74, 6) is 0.0816. The number of carbonyl (C=O) groups excluding carboxylic acids is 2. The Balaban J connectivity index is 1.90. The molecule has 3 rings (SSSR count). The zero-order valence-corrected chi connectivity index (χ0v) is 16.9. The van der Waals surface area contributed by atoms with Gasteiger partial charge in [-0.3, -0.25) is 14.6 Å². The van der Waals surface area contributed by atoms with E-state index in [9.17, 15) is 14.9 Å². The SMILES string of the molecule is C=C(Cl)c1c(/C=C\C)cncc1C(C#N)NC(=O)[C@@H]1C2C(CN1C=O)C2(C)C. The Hall–Kier alpha value is -2.65. The number of carbonyl (C=O) groups is 2. The Kier molecular flexibility index (Phi) is 5.31. The highest BCUT2D eigenvalue weighted by molar-refractivity contribution is 6.48. The Labute approximate surface area is 169 Å². The molecule has 1 N–H and O–H groups in total. The summed E-state index contributed by atoms with van der Waals surface area (Å²) in [7, 11) is 0. The van der Waals surface area contributed by atoms with E-state index in [2.05, 4.69) is 36.8 Å². The molecular weight excluding hydrogens is 376 g/mol. The van der Waals surface area contributed by atoms with Crippen LogP contribution in [0, 0.1) is 28.6 Å². The summed E-state index contributed by atoms with van der Waals surface area (Å²) in [4.78, 5) is 30.1. The number of halogens is 1. The van der Waals surface area contributed by atoms with E-state index < -0.39 is 12.1 Å². The third-order valence-electron chi connectivity index (χ3n) is 6.00. The molecule has 1 aromatic heterocycles. The largest absolute Gasteiger partial charge is 0.335 e. The van der Waals surface area contributed by atoms with Gasteiger partial charge in [0, 0.05) is 40.7 Å². The van der Waals surface area contributed by atoms with Crippen LogP contribution >= 0.6 is 11.6 Å². The van der Waals surface area contributed by atoms with E-state index in [-0.39, 0.29) is 22.3 Å². The monoisotopic (exact) mass is 398 g/mol. The van der Waals surface area contributed by atoms with Crippen LogP contribution in [0.15, 0.2) is 25.0 Å². The van der Waals surface area contributed by atoms with Crippen molar-refractivity contribution in [3.63, 3.8) is 0 Å². The fourth-order valence-corrected chi connectivity index (χ4v) is 4.69. The lowest BCUT2D eigenvalue weighted by Gasteiger charge is -2.27. The van der Waals surface area contributed by atoms with Crippen molar-refractivity contribution in [1.29, 1.82) is 5.26 Å². The second-order valence-corrected chi connectivity index (χ2v) is 8.33. The van der Waals surface area contributed by atoms with Crippen molar-refractivity contribution in [3.8, 4) is 6.07 Å². The quantitative estimate of drug-likeness (QED) is 0.746. The smallest absolute Gasteiger partial charge is 0.244 e. The molecule has 1 aliphatic carbocycles. The molecule has 1 saturated carbocycles. The number of likely N-dealkylation sites (tertiary alicyclic amines) is 1. The van der Waals surface area contributed by atoms with Gasteiger partial charge in [0.2, 0.25) is 12.3 Å². The number of allylic oxidation sites excluding steroid dienone is 1. The number of hydrogen-bond donors (Lipinski definition) is 1. The maximum atomic E-state index is 13.0. The summed E-state index contributed by atoms with van der Waals surface area (Å²) in [5.41, 5.74) is 1.79. The van der Waals surface area contributed by atoms with Crippen LogP contribution in [0.3, 0.4) is 0 Å². The lowest BCUT2D eigenvalue weighted by atomic mass is 9.97. The predicted molar refractivity (Wildman–Crippen MR) is 108 cm³/mol. The number of piperidine rings is 1. The molecule has 146 valence electrons.